The highest BCUT2D eigenvalue weighted by atomic mass is 16.6. The SMILES string of the molecule is CC1(C)CC[C@]2(C(=O)OC(=O)[C@]34CCC(C)(C)CC3=C3C=C[C@@H]5[C@@]6(C)CC[C@@H](O)[C@@](C)(CO)[C@@H]6CC[C@@]5(C)[C@]3(C)CC4)CC[C@]3(C)C(=C2C1)C=C[C@@H]1[C@@]2(C)CC[C@@H](O)[C@@](C)(CO)[C@@H]2CC[C@]13C. The van der Waals surface area contributed by atoms with E-state index in [-0.39, 0.29) is 92.1 Å². The zero-order valence-electron chi connectivity index (χ0n) is 43.9. The first-order valence-electron chi connectivity index (χ1n) is 27.3. The van der Waals surface area contributed by atoms with Gasteiger partial charge in [-0.15, -0.1) is 0 Å². The zero-order chi connectivity index (χ0) is 48.6. The first-order chi connectivity index (χ1) is 31.1. The van der Waals surface area contributed by atoms with Crippen molar-refractivity contribution in [2.75, 3.05) is 13.2 Å². The van der Waals surface area contributed by atoms with Crippen LogP contribution < -0.4 is 0 Å². The topological polar surface area (TPSA) is 124 Å². The Balaban J connectivity index is 1.02. The lowest BCUT2D eigenvalue weighted by Crippen LogP contribution is -2.64. The highest BCUT2D eigenvalue weighted by molar-refractivity contribution is 5.95. The normalized spacial score (nSPS) is 52.5. The molecule has 0 unspecified atom stereocenters. The molecular formula is C60H90O7. The summed E-state index contributed by atoms with van der Waals surface area (Å²) in [7, 11) is 0. The minimum absolute atomic E-state index is 0.00190. The lowest BCUT2D eigenvalue weighted by molar-refractivity contribution is -0.200. The number of rotatable bonds is 4. The average Bonchev–Trinajstić information content (AvgIpc) is 3.26. The van der Waals surface area contributed by atoms with Gasteiger partial charge in [-0.05, 0) is 205 Å². The molecule has 0 aromatic heterocycles. The summed E-state index contributed by atoms with van der Waals surface area (Å²) in [5.74, 6) is 0.376. The molecule has 4 N–H and O–H groups in total. The van der Waals surface area contributed by atoms with Crippen LogP contribution in [0.4, 0.5) is 0 Å². The summed E-state index contributed by atoms with van der Waals surface area (Å²) >= 11 is 0. The molecule has 6 fully saturated rings. The quantitative estimate of drug-likeness (QED) is 0.163. The molecule has 10 aliphatic carbocycles. The van der Waals surface area contributed by atoms with Crippen molar-refractivity contribution in [2.24, 2.45) is 88.7 Å². The zero-order valence-corrected chi connectivity index (χ0v) is 43.9. The summed E-state index contributed by atoms with van der Waals surface area (Å²) in [5, 5.41) is 44.1. The minimum atomic E-state index is -0.837. The molecule has 6 saturated carbocycles. The van der Waals surface area contributed by atoms with Gasteiger partial charge in [0.15, 0.2) is 0 Å². The van der Waals surface area contributed by atoms with Gasteiger partial charge in [-0.2, -0.15) is 0 Å². The van der Waals surface area contributed by atoms with Crippen molar-refractivity contribution in [3.8, 4) is 0 Å². The standard InChI is InChI=1S/C60H90O7/c1-49(2)25-29-59(31-27-55(9)37(39(59)33-49)13-15-43-51(5)21-19-45(63)53(7,35-61)41(51)17-23-57(43,55)11)47(65)67-48(66)60-30-26-50(3,4)34-40(60)38-14-16-44-52(6)22-20-46(64)54(8,36-62)42(52)18-24-58(44,12)56(38,10)28-32-60/h13-16,41-46,61-64H,17-36H2,1-12H3/t41-,42-,43-,44-,45-,46-,51+,52+,53+,54+,55-,56-,57-,58-,59+,60+/m1/s1. The summed E-state index contributed by atoms with van der Waals surface area (Å²) in [6.07, 6.45) is 23.9. The molecule has 0 aromatic rings. The summed E-state index contributed by atoms with van der Waals surface area (Å²) in [4.78, 5) is 31.1. The van der Waals surface area contributed by atoms with E-state index in [0.717, 1.165) is 77.0 Å². The highest BCUT2D eigenvalue weighted by Crippen LogP contribution is 2.77. The van der Waals surface area contributed by atoms with E-state index in [9.17, 15) is 20.4 Å². The van der Waals surface area contributed by atoms with E-state index < -0.39 is 33.9 Å². The second-order valence-electron chi connectivity index (χ2n) is 29.1. The molecule has 0 radical (unpaired) electrons. The third kappa shape index (κ3) is 6.02. The number of ether oxygens (including phenoxy) is 1. The Bertz CT molecular complexity index is 2090. The molecule has 0 saturated heterocycles. The third-order valence-corrected chi connectivity index (χ3v) is 25.3. The molecular weight excluding hydrogens is 833 g/mol. The smallest absolute Gasteiger partial charge is 0.323 e. The summed E-state index contributed by atoms with van der Waals surface area (Å²) < 4.78 is 6.65. The van der Waals surface area contributed by atoms with E-state index >= 15 is 9.59 Å². The van der Waals surface area contributed by atoms with Crippen molar-refractivity contribution in [1.82, 2.24) is 0 Å². The van der Waals surface area contributed by atoms with Crippen molar-refractivity contribution in [3.63, 3.8) is 0 Å². The third-order valence-electron chi connectivity index (χ3n) is 25.3. The largest absolute Gasteiger partial charge is 0.396 e. The monoisotopic (exact) mass is 923 g/mol. The van der Waals surface area contributed by atoms with Crippen molar-refractivity contribution in [3.05, 3.63) is 46.6 Å². The van der Waals surface area contributed by atoms with E-state index in [0.29, 0.717) is 38.5 Å². The second kappa shape index (κ2) is 14.8. The van der Waals surface area contributed by atoms with E-state index in [1.165, 1.54) is 22.3 Å². The molecule has 67 heavy (non-hydrogen) atoms. The van der Waals surface area contributed by atoms with Crippen LogP contribution in [0.15, 0.2) is 46.6 Å². The fourth-order valence-corrected chi connectivity index (χ4v) is 20.2. The van der Waals surface area contributed by atoms with Crippen LogP contribution in [-0.4, -0.2) is 57.8 Å². The minimum Gasteiger partial charge on any atom is -0.396 e. The maximum Gasteiger partial charge on any atom is 0.323 e. The molecule has 0 aliphatic heterocycles. The summed E-state index contributed by atoms with van der Waals surface area (Å²) in [6, 6.07) is 0. The van der Waals surface area contributed by atoms with Gasteiger partial charge in [0.25, 0.3) is 0 Å². The van der Waals surface area contributed by atoms with Crippen molar-refractivity contribution >= 4 is 11.9 Å². The molecule has 0 bridgehead atoms. The average molecular weight is 923 g/mol. The fraction of sp³-hybridized carbons (Fsp3) is 0.833. The predicted octanol–water partition coefficient (Wildman–Crippen LogP) is 12.2. The number of aliphatic hydroxyl groups excluding tert-OH is 4. The van der Waals surface area contributed by atoms with Crippen molar-refractivity contribution < 1.29 is 34.8 Å². The Morgan fingerprint density at radius 2 is 0.866 bits per heavy atom. The number of hydrogen-bond donors (Lipinski definition) is 4. The molecule has 7 heteroatoms. The van der Waals surface area contributed by atoms with Gasteiger partial charge in [0.1, 0.15) is 0 Å². The van der Waals surface area contributed by atoms with Gasteiger partial charge in [-0.25, -0.2) is 0 Å². The van der Waals surface area contributed by atoms with Gasteiger partial charge in [-0.1, -0.05) is 107 Å². The Kier molecular flexibility index (Phi) is 10.7. The Morgan fingerprint density at radius 3 is 1.22 bits per heavy atom. The van der Waals surface area contributed by atoms with Crippen LogP contribution in [-0.2, 0) is 14.3 Å². The van der Waals surface area contributed by atoms with E-state index in [1.807, 2.05) is 0 Å². The molecule has 0 aromatic carbocycles. The van der Waals surface area contributed by atoms with E-state index in [2.05, 4.69) is 107 Å². The van der Waals surface area contributed by atoms with Gasteiger partial charge < -0.3 is 25.2 Å². The van der Waals surface area contributed by atoms with Gasteiger partial charge in [-0.3, -0.25) is 9.59 Å². The van der Waals surface area contributed by atoms with E-state index in [4.69, 9.17) is 4.74 Å². The van der Waals surface area contributed by atoms with Crippen LogP contribution in [0.5, 0.6) is 0 Å². The molecule has 0 heterocycles. The molecule has 10 aliphatic rings. The fourth-order valence-electron chi connectivity index (χ4n) is 20.2. The number of aliphatic hydroxyl groups is 4. The van der Waals surface area contributed by atoms with Crippen LogP contribution in [0.2, 0.25) is 0 Å². The highest BCUT2D eigenvalue weighted by Gasteiger charge is 2.71. The first-order valence-corrected chi connectivity index (χ1v) is 27.3. The molecule has 16 atom stereocenters. The van der Waals surface area contributed by atoms with Gasteiger partial charge >= 0.3 is 11.9 Å². The number of hydrogen-bond acceptors (Lipinski definition) is 7. The molecule has 372 valence electrons. The lowest BCUT2D eigenvalue weighted by atomic mass is 9.35. The molecule has 0 spiro atoms. The number of carbonyl (C=O) groups is 2. The van der Waals surface area contributed by atoms with Crippen LogP contribution in [0, 0.1) is 88.7 Å². The Morgan fingerprint density at radius 1 is 0.507 bits per heavy atom. The van der Waals surface area contributed by atoms with Crippen molar-refractivity contribution in [2.45, 2.75) is 211 Å². The first kappa shape index (κ1) is 48.6. The lowest BCUT2D eigenvalue weighted by Gasteiger charge is -2.69. The van der Waals surface area contributed by atoms with E-state index in [1.54, 1.807) is 0 Å². The summed E-state index contributed by atoms with van der Waals surface area (Å²) in [5.41, 5.74) is 1.77. The van der Waals surface area contributed by atoms with Crippen molar-refractivity contribution in [1.29, 1.82) is 0 Å². The number of allylic oxidation sites excluding steroid dienone is 6. The van der Waals surface area contributed by atoms with Crippen LogP contribution in [0.25, 0.3) is 0 Å². The van der Waals surface area contributed by atoms with Crippen LogP contribution in [0.3, 0.4) is 0 Å². The predicted molar refractivity (Wildman–Crippen MR) is 264 cm³/mol. The Labute approximate surface area is 404 Å². The number of esters is 2. The van der Waals surface area contributed by atoms with Crippen LogP contribution in [0.1, 0.15) is 199 Å². The van der Waals surface area contributed by atoms with Crippen LogP contribution >= 0.6 is 0 Å². The van der Waals surface area contributed by atoms with Gasteiger partial charge in [0, 0.05) is 10.8 Å². The maximum atomic E-state index is 15.6. The number of carbonyl (C=O) groups excluding carboxylic acids is 2. The van der Waals surface area contributed by atoms with Gasteiger partial charge in [0.05, 0.1) is 36.3 Å². The maximum absolute atomic E-state index is 15.6. The number of fused-ring (bicyclic) bond motifs is 12. The van der Waals surface area contributed by atoms with Gasteiger partial charge in [0.2, 0.25) is 0 Å². The molecule has 10 rings (SSSR count). The molecule has 7 nitrogen and oxygen atoms in total. The second-order valence-corrected chi connectivity index (χ2v) is 29.1. The molecule has 0 amide bonds. The summed E-state index contributed by atoms with van der Waals surface area (Å²) in [6.45, 7) is 28.5. The Hall–Kier alpha value is -2.06.